The second kappa shape index (κ2) is 6.63. The minimum absolute atomic E-state index is 0.147. The largest absolute Gasteiger partial charge is 0.335 e. The number of hydrogen-bond acceptors (Lipinski definition) is 2. The van der Waals surface area contributed by atoms with Gasteiger partial charge in [-0.1, -0.05) is 12.1 Å². The summed E-state index contributed by atoms with van der Waals surface area (Å²) < 4.78 is 14.8. The van der Waals surface area contributed by atoms with Gasteiger partial charge in [0, 0.05) is 23.8 Å². The molecule has 2 N–H and O–H groups in total. The number of carbonyl (C=O) groups excluding carboxylic acids is 1. The van der Waals surface area contributed by atoms with Crippen LogP contribution < -0.4 is 10.6 Å². The van der Waals surface area contributed by atoms with Gasteiger partial charge in [0.2, 0.25) is 0 Å². The van der Waals surface area contributed by atoms with Crippen molar-refractivity contribution in [2.75, 3.05) is 5.32 Å². The van der Waals surface area contributed by atoms with Gasteiger partial charge >= 0.3 is 6.03 Å². The van der Waals surface area contributed by atoms with E-state index in [-0.39, 0.29) is 23.9 Å². The third kappa shape index (κ3) is 3.58. The van der Waals surface area contributed by atoms with Crippen molar-refractivity contribution in [2.45, 2.75) is 51.6 Å². The molecule has 1 aliphatic carbocycles. The molecule has 0 bridgehead atoms. The van der Waals surface area contributed by atoms with Gasteiger partial charge in [0.25, 0.3) is 0 Å². The molecule has 1 heterocycles. The Morgan fingerprint density at radius 2 is 1.96 bits per heavy atom. The van der Waals surface area contributed by atoms with E-state index in [1.54, 1.807) is 0 Å². The predicted molar refractivity (Wildman–Crippen MR) is 91.7 cm³/mol. The van der Waals surface area contributed by atoms with Crippen molar-refractivity contribution >= 4 is 11.8 Å². The van der Waals surface area contributed by atoms with Gasteiger partial charge in [-0.3, -0.25) is 10.00 Å². The maximum atomic E-state index is 12.9. The maximum Gasteiger partial charge on any atom is 0.320 e. The van der Waals surface area contributed by atoms with Crippen LogP contribution in [0.5, 0.6) is 0 Å². The van der Waals surface area contributed by atoms with E-state index in [4.69, 9.17) is 0 Å². The van der Waals surface area contributed by atoms with Gasteiger partial charge in [-0.05, 0) is 57.2 Å². The molecule has 0 aliphatic heterocycles. The molecule has 2 aromatic rings. The van der Waals surface area contributed by atoms with Gasteiger partial charge in [-0.15, -0.1) is 0 Å². The number of urea groups is 1. The first kappa shape index (κ1) is 16.5. The Hall–Kier alpha value is -2.37. The second-order valence-electron chi connectivity index (χ2n) is 6.72. The van der Waals surface area contributed by atoms with Gasteiger partial charge in [0.1, 0.15) is 5.82 Å². The van der Waals surface area contributed by atoms with Crippen molar-refractivity contribution in [3.63, 3.8) is 0 Å². The summed E-state index contributed by atoms with van der Waals surface area (Å²) in [6, 6.07) is 8.63. The highest BCUT2D eigenvalue weighted by atomic mass is 19.1. The van der Waals surface area contributed by atoms with Gasteiger partial charge < -0.3 is 5.32 Å². The Morgan fingerprint density at radius 3 is 2.54 bits per heavy atom. The van der Waals surface area contributed by atoms with Crippen LogP contribution in [0.2, 0.25) is 0 Å². The molecule has 128 valence electrons. The van der Waals surface area contributed by atoms with Gasteiger partial charge in [0.15, 0.2) is 5.82 Å². The van der Waals surface area contributed by atoms with Crippen LogP contribution in [0.3, 0.4) is 0 Å². The van der Waals surface area contributed by atoms with E-state index in [0.717, 1.165) is 24.1 Å². The standard InChI is InChI=1S/C18H23FN4O/c1-11(2)23-12(3)8-17(22-23)21-18(24)20-16-9-14(10-16)13-4-6-15(19)7-5-13/h4-8,11,14,16H,9-10H2,1-3H3,(H2,20,21,22,24). The summed E-state index contributed by atoms with van der Waals surface area (Å²) >= 11 is 0. The van der Waals surface area contributed by atoms with Gasteiger partial charge in [-0.25, -0.2) is 9.18 Å². The number of amides is 2. The molecule has 24 heavy (non-hydrogen) atoms. The van der Waals surface area contributed by atoms with Crippen molar-refractivity contribution in [1.29, 1.82) is 0 Å². The fraction of sp³-hybridized carbons (Fsp3) is 0.444. The molecule has 0 saturated heterocycles. The fourth-order valence-corrected chi connectivity index (χ4v) is 3.15. The van der Waals surface area contributed by atoms with Crippen LogP contribution >= 0.6 is 0 Å². The lowest BCUT2D eigenvalue weighted by Crippen LogP contribution is -2.45. The molecule has 0 unspecified atom stereocenters. The van der Waals surface area contributed by atoms with E-state index < -0.39 is 0 Å². The lowest BCUT2D eigenvalue weighted by molar-refractivity contribution is 0.233. The topological polar surface area (TPSA) is 59.0 Å². The van der Waals surface area contributed by atoms with E-state index in [1.807, 2.05) is 43.7 Å². The van der Waals surface area contributed by atoms with E-state index in [1.165, 1.54) is 12.1 Å². The minimum Gasteiger partial charge on any atom is -0.335 e. The first-order chi connectivity index (χ1) is 11.4. The number of halogens is 1. The quantitative estimate of drug-likeness (QED) is 0.891. The van der Waals surface area contributed by atoms with E-state index in [9.17, 15) is 9.18 Å². The zero-order valence-corrected chi connectivity index (χ0v) is 14.2. The third-order valence-corrected chi connectivity index (χ3v) is 4.47. The Balaban J connectivity index is 1.48. The zero-order chi connectivity index (χ0) is 17.3. The molecule has 1 aliphatic rings. The first-order valence-corrected chi connectivity index (χ1v) is 8.31. The van der Waals surface area contributed by atoms with E-state index in [2.05, 4.69) is 15.7 Å². The zero-order valence-electron chi connectivity index (χ0n) is 14.2. The maximum absolute atomic E-state index is 12.9. The van der Waals surface area contributed by atoms with Crippen molar-refractivity contribution in [1.82, 2.24) is 15.1 Å². The lowest BCUT2D eigenvalue weighted by atomic mass is 9.76. The smallest absolute Gasteiger partial charge is 0.320 e. The normalized spacial score (nSPS) is 19.9. The number of anilines is 1. The number of benzene rings is 1. The van der Waals surface area contributed by atoms with Crippen molar-refractivity contribution in [3.8, 4) is 0 Å². The highest BCUT2D eigenvalue weighted by Gasteiger charge is 2.31. The number of aromatic nitrogens is 2. The van der Waals surface area contributed by atoms with Crippen molar-refractivity contribution in [2.24, 2.45) is 0 Å². The predicted octanol–water partition coefficient (Wildman–Crippen LogP) is 3.98. The molecule has 0 radical (unpaired) electrons. The van der Waals surface area contributed by atoms with Crippen LogP contribution in [0.4, 0.5) is 15.0 Å². The molecule has 6 heteroatoms. The number of aryl methyl sites for hydroxylation is 1. The lowest BCUT2D eigenvalue weighted by Gasteiger charge is -2.36. The van der Waals surface area contributed by atoms with Crippen LogP contribution in [0.25, 0.3) is 0 Å². The van der Waals surface area contributed by atoms with Crippen molar-refractivity contribution in [3.05, 3.63) is 47.4 Å². The van der Waals surface area contributed by atoms with E-state index in [0.29, 0.717) is 11.7 Å². The molecule has 1 aromatic carbocycles. The number of nitrogens with zero attached hydrogens (tertiary/aromatic N) is 2. The summed E-state index contributed by atoms with van der Waals surface area (Å²) in [5.41, 5.74) is 2.14. The van der Waals surface area contributed by atoms with Crippen LogP contribution in [-0.2, 0) is 0 Å². The minimum atomic E-state index is -0.231. The van der Waals surface area contributed by atoms with Gasteiger partial charge in [0.05, 0.1) is 0 Å². The number of carbonyl (C=O) groups is 1. The highest BCUT2D eigenvalue weighted by Crippen LogP contribution is 2.36. The fourth-order valence-electron chi connectivity index (χ4n) is 3.15. The Morgan fingerprint density at radius 1 is 1.29 bits per heavy atom. The molecular weight excluding hydrogens is 307 g/mol. The number of rotatable bonds is 4. The third-order valence-electron chi connectivity index (χ3n) is 4.47. The molecule has 1 saturated carbocycles. The molecule has 5 nitrogen and oxygen atoms in total. The Labute approximate surface area is 141 Å². The van der Waals surface area contributed by atoms with Gasteiger partial charge in [-0.2, -0.15) is 5.10 Å². The summed E-state index contributed by atoms with van der Waals surface area (Å²) in [6.45, 7) is 6.07. The average molecular weight is 330 g/mol. The molecule has 3 rings (SSSR count). The molecule has 0 atom stereocenters. The highest BCUT2D eigenvalue weighted by molar-refractivity contribution is 5.88. The molecular formula is C18H23FN4O. The van der Waals surface area contributed by atoms with Crippen LogP contribution in [0.1, 0.15) is 49.9 Å². The molecule has 2 amide bonds. The first-order valence-electron chi connectivity index (χ1n) is 8.31. The van der Waals surface area contributed by atoms with Crippen LogP contribution in [0, 0.1) is 12.7 Å². The van der Waals surface area contributed by atoms with Crippen LogP contribution in [0.15, 0.2) is 30.3 Å². The molecule has 1 fully saturated rings. The summed E-state index contributed by atoms with van der Waals surface area (Å²) in [5.74, 6) is 0.731. The summed E-state index contributed by atoms with van der Waals surface area (Å²) in [6.07, 6.45) is 1.75. The SMILES string of the molecule is Cc1cc(NC(=O)NC2CC(c3ccc(F)cc3)C2)nn1C(C)C. The summed E-state index contributed by atoms with van der Waals surface area (Å²) in [4.78, 5) is 12.1. The number of nitrogens with one attached hydrogen (secondary N) is 2. The second-order valence-corrected chi connectivity index (χ2v) is 6.72. The average Bonchev–Trinajstić information content (AvgIpc) is 2.84. The van der Waals surface area contributed by atoms with Crippen molar-refractivity contribution < 1.29 is 9.18 Å². The molecule has 0 spiro atoms. The monoisotopic (exact) mass is 330 g/mol. The Kier molecular flexibility index (Phi) is 4.55. The summed E-state index contributed by atoms with van der Waals surface area (Å²) in [5, 5.41) is 10.1. The molecule has 1 aromatic heterocycles. The summed E-state index contributed by atoms with van der Waals surface area (Å²) in [7, 11) is 0. The van der Waals surface area contributed by atoms with E-state index >= 15 is 0 Å². The Bertz CT molecular complexity index is 717. The number of hydrogen-bond donors (Lipinski definition) is 2. The van der Waals surface area contributed by atoms with Crippen LogP contribution in [-0.4, -0.2) is 21.9 Å².